The predicted molar refractivity (Wildman–Crippen MR) is 132 cm³/mol. The van der Waals surface area contributed by atoms with E-state index in [0.29, 0.717) is 19.5 Å². The summed E-state index contributed by atoms with van der Waals surface area (Å²) in [5, 5.41) is 12.0. The van der Waals surface area contributed by atoms with Gasteiger partial charge in [-0.2, -0.15) is 0 Å². The third kappa shape index (κ3) is 5.71. The average Bonchev–Trinajstić information content (AvgIpc) is 3.42. The number of fused-ring (bicyclic) bond motifs is 3. The fourth-order valence-electron chi connectivity index (χ4n) is 4.77. The van der Waals surface area contributed by atoms with E-state index < -0.39 is 18.0 Å². The highest BCUT2D eigenvalue weighted by molar-refractivity contribution is 5.85. The van der Waals surface area contributed by atoms with Crippen LogP contribution in [0.15, 0.2) is 60.7 Å². The molecule has 0 fully saturated rings. The van der Waals surface area contributed by atoms with Gasteiger partial charge in [-0.05, 0) is 42.8 Å². The number of rotatable bonds is 9. The summed E-state index contributed by atoms with van der Waals surface area (Å²) in [4.78, 5) is 39.9. The van der Waals surface area contributed by atoms with Gasteiger partial charge in [-0.3, -0.25) is 9.59 Å². The Balaban J connectivity index is 1.31. The number of amides is 2. The number of carbonyl (C=O) groups excluding carboxylic acids is 2. The average molecular weight is 478 g/mol. The molecule has 2 N–H and O–H groups in total. The standard InChI is InChI=1S/C27H31N3O5/c1-29(2)13-14-30(16-25(31)32)26(33)18-11-12-19(15-18)28-27(34)35-17-24-22-9-5-3-7-20(22)21-8-4-6-10-23(21)24/h3-12,18-19,24H,13-17H2,1-2H3,(H,28,34)(H,31,32). The van der Waals surface area contributed by atoms with Crippen molar-refractivity contribution in [1.29, 1.82) is 0 Å². The molecule has 2 amide bonds. The van der Waals surface area contributed by atoms with Gasteiger partial charge >= 0.3 is 12.1 Å². The normalized spacial score (nSPS) is 18.3. The van der Waals surface area contributed by atoms with Gasteiger partial charge in [-0.15, -0.1) is 0 Å². The maximum atomic E-state index is 12.9. The van der Waals surface area contributed by atoms with Crippen LogP contribution in [0.4, 0.5) is 4.79 Å². The van der Waals surface area contributed by atoms with Crippen LogP contribution < -0.4 is 5.32 Å². The van der Waals surface area contributed by atoms with E-state index in [0.717, 1.165) is 22.3 Å². The van der Waals surface area contributed by atoms with Crippen LogP contribution in [0.2, 0.25) is 0 Å². The second kappa shape index (κ2) is 10.7. The summed E-state index contributed by atoms with van der Waals surface area (Å²) < 4.78 is 5.60. The zero-order valence-electron chi connectivity index (χ0n) is 20.0. The molecule has 2 aliphatic rings. The minimum Gasteiger partial charge on any atom is -0.480 e. The van der Waals surface area contributed by atoms with Gasteiger partial charge in [-0.1, -0.05) is 60.7 Å². The monoisotopic (exact) mass is 477 g/mol. The first-order valence-electron chi connectivity index (χ1n) is 11.8. The molecule has 2 unspecified atom stereocenters. The Hall–Kier alpha value is -3.65. The molecule has 0 heterocycles. The number of hydrogen-bond acceptors (Lipinski definition) is 5. The molecule has 0 spiro atoms. The van der Waals surface area contributed by atoms with E-state index in [1.165, 1.54) is 4.90 Å². The summed E-state index contributed by atoms with van der Waals surface area (Å²) in [5.74, 6) is -1.80. The molecule has 2 aliphatic carbocycles. The van der Waals surface area contributed by atoms with Crippen LogP contribution in [0.5, 0.6) is 0 Å². The minimum absolute atomic E-state index is 0.0251. The molecule has 0 bridgehead atoms. The zero-order valence-corrected chi connectivity index (χ0v) is 20.0. The first-order valence-corrected chi connectivity index (χ1v) is 11.8. The first kappa shape index (κ1) is 24.5. The Bertz CT molecular complexity index is 1080. The van der Waals surface area contributed by atoms with Crippen LogP contribution in [0.1, 0.15) is 23.5 Å². The molecule has 8 heteroatoms. The lowest BCUT2D eigenvalue weighted by molar-refractivity contribution is -0.145. The molecule has 2 aromatic carbocycles. The van der Waals surface area contributed by atoms with E-state index in [9.17, 15) is 19.5 Å². The minimum atomic E-state index is -1.05. The summed E-state index contributed by atoms with van der Waals surface area (Å²) in [6.07, 6.45) is 3.35. The van der Waals surface area contributed by atoms with Gasteiger partial charge in [0.1, 0.15) is 13.2 Å². The molecule has 4 rings (SSSR count). The maximum Gasteiger partial charge on any atom is 0.407 e. The second-order valence-corrected chi connectivity index (χ2v) is 9.26. The Morgan fingerprint density at radius 3 is 2.20 bits per heavy atom. The van der Waals surface area contributed by atoms with Crippen molar-refractivity contribution in [3.63, 3.8) is 0 Å². The highest BCUT2D eigenvalue weighted by atomic mass is 16.5. The molecule has 2 atom stereocenters. The molecular weight excluding hydrogens is 446 g/mol. The van der Waals surface area contributed by atoms with Gasteiger partial charge in [0, 0.05) is 19.0 Å². The number of alkyl carbamates (subject to hydrolysis) is 1. The Kier molecular flexibility index (Phi) is 7.51. The van der Waals surface area contributed by atoms with Gasteiger partial charge in [0.15, 0.2) is 0 Å². The Labute approximate surface area is 205 Å². The van der Waals surface area contributed by atoms with E-state index in [1.54, 1.807) is 12.2 Å². The van der Waals surface area contributed by atoms with E-state index >= 15 is 0 Å². The molecule has 0 aliphatic heterocycles. The summed E-state index contributed by atoms with van der Waals surface area (Å²) >= 11 is 0. The Morgan fingerprint density at radius 1 is 0.971 bits per heavy atom. The van der Waals surface area contributed by atoms with Crippen LogP contribution >= 0.6 is 0 Å². The van der Waals surface area contributed by atoms with Gasteiger partial charge in [0.2, 0.25) is 5.91 Å². The molecule has 2 aromatic rings. The summed E-state index contributed by atoms with van der Waals surface area (Å²) in [6.45, 7) is 0.765. The highest BCUT2D eigenvalue weighted by Gasteiger charge is 2.32. The topological polar surface area (TPSA) is 99.2 Å². The van der Waals surface area contributed by atoms with Crippen molar-refractivity contribution >= 4 is 18.0 Å². The van der Waals surface area contributed by atoms with Gasteiger partial charge < -0.3 is 25.0 Å². The number of benzene rings is 2. The number of carbonyl (C=O) groups is 3. The third-order valence-corrected chi connectivity index (χ3v) is 6.50. The molecule has 0 saturated heterocycles. The van der Waals surface area contributed by atoms with Crippen LogP contribution in [0.3, 0.4) is 0 Å². The van der Waals surface area contributed by atoms with E-state index in [-0.39, 0.29) is 31.0 Å². The predicted octanol–water partition coefficient (Wildman–Crippen LogP) is 2.94. The Morgan fingerprint density at radius 2 is 1.60 bits per heavy atom. The lowest BCUT2D eigenvalue weighted by atomic mass is 9.98. The van der Waals surface area contributed by atoms with Crippen molar-refractivity contribution in [2.75, 3.05) is 40.3 Å². The molecule has 184 valence electrons. The maximum absolute atomic E-state index is 12.9. The van der Waals surface area contributed by atoms with Gasteiger partial charge in [0.05, 0.1) is 12.0 Å². The van der Waals surface area contributed by atoms with Crippen molar-refractivity contribution < 1.29 is 24.2 Å². The highest BCUT2D eigenvalue weighted by Crippen LogP contribution is 2.44. The number of likely N-dealkylation sites (N-methyl/N-ethyl adjacent to an activating group) is 1. The number of carboxylic acid groups (broad SMARTS) is 1. The van der Waals surface area contributed by atoms with Crippen LogP contribution in [0, 0.1) is 5.92 Å². The van der Waals surface area contributed by atoms with Crippen molar-refractivity contribution in [3.8, 4) is 11.1 Å². The summed E-state index contributed by atoms with van der Waals surface area (Å²) in [5.41, 5.74) is 4.61. The second-order valence-electron chi connectivity index (χ2n) is 9.26. The molecule has 8 nitrogen and oxygen atoms in total. The molecule has 35 heavy (non-hydrogen) atoms. The van der Waals surface area contributed by atoms with E-state index in [1.807, 2.05) is 43.3 Å². The largest absolute Gasteiger partial charge is 0.480 e. The van der Waals surface area contributed by atoms with Crippen LogP contribution in [-0.4, -0.2) is 79.3 Å². The SMILES string of the molecule is CN(C)CCN(CC(=O)O)C(=O)C1C=CC(NC(=O)OCC2c3ccccc3-c3ccccc32)C1. The van der Waals surface area contributed by atoms with Gasteiger partial charge in [0.25, 0.3) is 0 Å². The molecule has 0 radical (unpaired) electrons. The smallest absolute Gasteiger partial charge is 0.407 e. The number of aliphatic carboxylic acids is 1. The summed E-state index contributed by atoms with van der Waals surface area (Å²) in [6, 6.07) is 15.9. The molecule has 0 aromatic heterocycles. The number of carboxylic acids is 1. The first-order chi connectivity index (χ1) is 16.8. The van der Waals surface area contributed by atoms with Crippen molar-refractivity contribution in [2.45, 2.75) is 18.4 Å². The molecular formula is C27H31N3O5. The zero-order chi connectivity index (χ0) is 24.9. The number of ether oxygens (including phenoxy) is 1. The fourth-order valence-corrected chi connectivity index (χ4v) is 4.77. The van der Waals surface area contributed by atoms with Crippen molar-refractivity contribution in [2.24, 2.45) is 5.92 Å². The fraction of sp³-hybridized carbons (Fsp3) is 0.370. The van der Waals surface area contributed by atoms with Crippen molar-refractivity contribution in [1.82, 2.24) is 15.1 Å². The quantitative estimate of drug-likeness (QED) is 0.539. The van der Waals surface area contributed by atoms with Gasteiger partial charge in [-0.25, -0.2) is 4.79 Å². The molecule has 0 saturated carbocycles. The van der Waals surface area contributed by atoms with E-state index in [2.05, 4.69) is 29.6 Å². The van der Waals surface area contributed by atoms with Crippen molar-refractivity contribution in [3.05, 3.63) is 71.8 Å². The number of nitrogens with one attached hydrogen (secondary N) is 1. The van der Waals surface area contributed by atoms with Crippen LogP contribution in [0.25, 0.3) is 11.1 Å². The summed E-state index contributed by atoms with van der Waals surface area (Å²) in [7, 11) is 3.74. The third-order valence-electron chi connectivity index (χ3n) is 6.50. The number of nitrogens with zero attached hydrogens (tertiary/aromatic N) is 2. The number of hydrogen-bond donors (Lipinski definition) is 2. The lowest BCUT2D eigenvalue weighted by Crippen LogP contribution is -2.43. The van der Waals surface area contributed by atoms with E-state index in [4.69, 9.17) is 4.74 Å². The van der Waals surface area contributed by atoms with Crippen LogP contribution in [-0.2, 0) is 14.3 Å². The lowest BCUT2D eigenvalue weighted by Gasteiger charge is -2.25.